The molecule has 1 aliphatic rings. The van der Waals surface area contributed by atoms with Crippen LogP contribution in [0.25, 0.3) is 0 Å². The van der Waals surface area contributed by atoms with Gasteiger partial charge in [0.2, 0.25) is 11.8 Å². The molecule has 0 atom stereocenters. The number of alkyl halides is 3. The normalized spacial score (nSPS) is 20.6. The number of halogens is 3. The second-order valence-corrected chi connectivity index (χ2v) is 4.15. The highest BCUT2D eigenvalue weighted by atomic mass is 19.4. The summed E-state index contributed by atoms with van der Waals surface area (Å²) in [5.74, 6) is -1.50. The number of carbonyl (C=O) groups is 2. The summed E-state index contributed by atoms with van der Waals surface area (Å²) in [6.07, 6.45) is -6.06. The molecule has 0 saturated carbocycles. The van der Waals surface area contributed by atoms with E-state index in [9.17, 15) is 22.8 Å². The zero-order valence-corrected chi connectivity index (χ0v) is 9.02. The van der Waals surface area contributed by atoms with Crippen molar-refractivity contribution < 1.29 is 22.8 Å². The van der Waals surface area contributed by atoms with Gasteiger partial charge < -0.3 is 10.2 Å². The summed E-state index contributed by atoms with van der Waals surface area (Å²) in [6, 6.07) is 0. The van der Waals surface area contributed by atoms with Crippen LogP contribution in [0.3, 0.4) is 0 Å². The largest absolute Gasteiger partial charge is 0.397 e. The number of amides is 2. The Balaban J connectivity index is 2.79. The quantitative estimate of drug-likeness (QED) is 0.730. The molecule has 92 valence electrons. The number of carbonyl (C=O) groups excluding carboxylic acids is 2. The third-order valence-corrected chi connectivity index (χ3v) is 2.50. The molecule has 4 nitrogen and oxygen atoms in total. The van der Waals surface area contributed by atoms with Gasteiger partial charge in [-0.1, -0.05) is 0 Å². The molecule has 0 spiro atoms. The third-order valence-electron chi connectivity index (χ3n) is 2.50. The van der Waals surface area contributed by atoms with Gasteiger partial charge >= 0.3 is 6.18 Å². The van der Waals surface area contributed by atoms with Gasteiger partial charge in [-0.3, -0.25) is 9.59 Å². The van der Waals surface area contributed by atoms with Gasteiger partial charge in [0.1, 0.15) is 12.0 Å². The lowest BCUT2D eigenvalue weighted by atomic mass is 9.98. The molecule has 0 unspecified atom stereocenters. The monoisotopic (exact) mass is 238 g/mol. The van der Waals surface area contributed by atoms with Gasteiger partial charge in [0.05, 0.1) is 0 Å². The summed E-state index contributed by atoms with van der Waals surface area (Å²) >= 11 is 0. The lowest BCUT2D eigenvalue weighted by Crippen LogP contribution is -2.63. The van der Waals surface area contributed by atoms with Crippen LogP contribution >= 0.6 is 0 Å². The molecule has 0 radical (unpaired) electrons. The maximum Gasteiger partial charge on any atom is 0.397 e. The summed E-state index contributed by atoms with van der Waals surface area (Å²) in [6.45, 7) is 3.14. The van der Waals surface area contributed by atoms with Gasteiger partial charge in [-0.15, -0.1) is 0 Å². The van der Waals surface area contributed by atoms with Gasteiger partial charge in [-0.2, -0.15) is 13.2 Å². The van der Waals surface area contributed by atoms with Gasteiger partial charge in [-0.05, 0) is 13.8 Å². The minimum Gasteiger partial charge on any atom is -0.352 e. The van der Waals surface area contributed by atoms with Gasteiger partial charge in [0.15, 0.2) is 0 Å². The van der Waals surface area contributed by atoms with Crippen LogP contribution < -0.4 is 5.32 Å². The molecule has 1 fully saturated rings. The van der Waals surface area contributed by atoms with E-state index in [0.717, 1.165) is 4.90 Å². The molecule has 0 aromatic carbocycles. The van der Waals surface area contributed by atoms with Crippen molar-refractivity contribution in [3.05, 3.63) is 0 Å². The average molecular weight is 238 g/mol. The smallest absolute Gasteiger partial charge is 0.352 e. The molecule has 0 aliphatic carbocycles. The zero-order valence-electron chi connectivity index (χ0n) is 9.02. The van der Waals surface area contributed by atoms with E-state index < -0.39 is 30.0 Å². The second kappa shape index (κ2) is 3.95. The van der Waals surface area contributed by atoms with Crippen LogP contribution in [0, 0.1) is 0 Å². The number of rotatable bonds is 1. The molecular weight excluding hydrogens is 225 g/mol. The van der Waals surface area contributed by atoms with Crippen molar-refractivity contribution in [1.29, 1.82) is 0 Å². The minimum absolute atomic E-state index is 0.105. The Morgan fingerprint density at radius 1 is 1.50 bits per heavy atom. The Hall–Kier alpha value is -1.27. The fourth-order valence-corrected chi connectivity index (χ4v) is 1.60. The van der Waals surface area contributed by atoms with Crippen LogP contribution in [0.2, 0.25) is 0 Å². The lowest BCUT2D eigenvalue weighted by Gasteiger charge is -2.41. The average Bonchev–Trinajstić information content (AvgIpc) is 2.06. The van der Waals surface area contributed by atoms with E-state index >= 15 is 0 Å². The Morgan fingerprint density at radius 3 is 2.56 bits per heavy atom. The summed E-state index contributed by atoms with van der Waals surface area (Å²) in [4.78, 5) is 23.8. The molecular formula is C9H13F3N2O2. The Morgan fingerprint density at radius 2 is 2.06 bits per heavy atom. The van der Waals surface area contributed by atoms with Crippen molar-refractivity contribution in [3.63, 3.8) is 0 Å². The number of hydrogen-bond acceptors (Lipinski definition) is 2. The van der Waals surface area contributed by atoms with Crippen LogP contribution in [-0.2, 0) is 9.59 Å². The standard InChI is InChI=1S/C9H13F3N2O2/c1-8(2)7(16)13-3-4-14(8)6(15)5-9(10,11)12/h3-5H2,1-2H3,(H,13,16). The molecule has 1 heterocycles. The van der Waals surface area contributed by atoms with Crippen LogP contribution in [0.4, 0.5) is 13.2 Å². The number of nitrogens with one attached hydrogen (secondary N) is 1. The van der Waals surface area contributed by atoms with Crippen molar-refractivity contribution in [2.75, 3.05) is 13.1 Å². The molecule has 1 rings (SSSR count). The molecule has 0 aromatic rings. The van der Waals surface area contributed by atoms with E-state index in [2.05, 4.69) is 5.32 Å². The molecule has 1 aliphatic heterocycles. The van der Waals surface area contributed by atoms with E-state index in [1.807, 2.05) is 0 Å². The third kappa shape index (κ3) is 2.65. The Bertz CT molecular complexity index is 312. The summed E-state index contributed by atoms with van der Waals surface area (Å²) in [7, 11) is 0. The van der Waals surface area contributed by atoms with Crippen molar-refractivity contribution in [1.82, 2.24) is 10.2 Å². The molecule has 16 heavy (non-hydrogen) atoms. The van der Waals surface area contributed by atoms with E-state index in [-0.39, 0.29) is 13.1 Å². The highest BCUT2D eigenvalue weighted by molar-refractivity contribution is 5.92. The van der Waals surface area contributed by atoms with E-state index in [1.54, 1.807) is 0 Å². The van der Waals surface area contributed by atoms with Crippen molar-refractivity contribution >= 4 is 11.8 Å². The summed E-state index contributed by atoms with van der Waals surface area (Å²) < 4.78 is 36.2. The first-order valence-corrected chi connectivity index (χ1v) is 4.80. The summed E-state index contributed by atoms with van der Waals surface area (Å²) in [5.41, 5.74) is -1.22. The SMILES string of the molecule is CC1(C)C(=O)NCCN1C(=O)CC(F)(F)F. The van der Waals surface area contributed by atoms with Crippen LogP contribution in [0.15, 0.2) is 0 Å². The highest BCUT2D eigenvalue weighted by Gasteiger charge is 2.43. The number of nitrogens with zero attached hydrogens (tertiary/aromatic N) is 1. The highest BCUT2D eigenvalue weighted by Crippen LogP contribution is 2.25. The number of piperazine rings is 1. The Labute approximate surface area is 90.8 Å². The van der Waals surface area contributed by atoms with Crippen LogP contribution in [0.5, 0.6) is 0 Å². The van der Waals surface area contributed by atoms with Gasteiger partial charge in [0, 0.05) is 13.1 Å². The fraction of sp³-hybridized carbons (Fsp3) is 0.778. The predicted molar refractivity (Wildman–Crippen MR) is 49.5 cm³/mol. The first-order chi connectivity index (χ1) is 7.14. The predicted octanol–water partition coefficient (Wildman–Crippen LogP) is 0.676. The van der Waals surface area contributed by atoms with Crippen LogP contribution in [-0.4, -0.2) is 41.5 Å². The minimum atomic E-state index is -4.54. The second-order valence-electron chi connectivity index (χ2n) is 4.15. The first kappa shape index (κ1) is 12.8. The first-order valence-electron chi connectivity index (χ1n) is 4.80. The molecule has 7 heteroatoms. The molecule has 0 aromatic heterocycles. The topological polar surface area (TPSA) is 49.4 Å². The maximum absolute atomic E-state index is 12.1. The lowest BCUT2D eigenvalue weighted by molar-refractivity contribution is -0.169. The maximum atomic E-state index is 12.1. The van der Waals surface area contributed by atoms with E-state index in [0.29, 0.717) is 0 Å². The molecule has 2 amide bonds. The van der Waals surface area contributed by atoms with Crippen molar-refractivity contribution in [3.8, 4) is 0 Å². The number of hydrogen-bond donors (Lipinski definition) is 1. The van der Waals surface area contributed by atoms with Gasteiger partial charge in [0.25, 0.3) is 0 Å². The molecule has 1 N–H and O–H groups in total. The fourth-order valence-electron chi connectivity index (χ4n) is 1.60. The molecule has 0 bridgehead atoms. The van der Waals surface area contributed by atoms with Gasteiger partial charge in [-0.25, -0.2) is 0 Å². The van der Waals surface area contributed by atoms with Crippen molar-refractivity contribution in [2.45, 2.75) is 32.0 Å². The van der Waals surface area contributed by atoms with Crippen LogP contribution in [0.1, 0.15) is 20.3 Å². The summed E-state index contributed by atoms with van der Waals surface area (Å²) in [5, 5.41) is 2.51. The van der Waals surface area contributed by atoms with E-state index in [4.69, 9.17) is 0 Å². The zero-order chi connectivity index (χ0) is 12.6. The Kier molecular flexibility index (Phi) is 3.16. The van der Waals surface area contributed by atoms with Crippen molar-refractivity contribution in [2.24, 2.45) is 0 Å². The van der Waals surface area contributed by atoms with E-state index in [1.165, 1.54) is 13.8 Å². The molecule has 1 saturated heterocycles.